The molecule has 2 aromatic heterocycles. The van der Waals surface area contributed by atoms with Crippen LogP contribution < -0.4 is 10.9 Å². The van der Waals surface area contributed by atoms with Crippen molar-refractivity contribution < 1.29 is 29.3 Å². The van der Waals surface area contributed by atoms with Crippen molar-refractivity contribution in [1.82, 2.24) is 19.5 Å². The lowest BCUT2D eigenvalue weighted by Gasteiger charge is -2.09. The number of benzene rings is 2. The van der Waals surface area contributed by atoms with Gasteiger partial charge in [0.1, 0.15) is 6.61 Å². The van der Waals surface area contributed by atoms with Crippen LogP contribution >= 0.6 is 0 Å². The van der Waals surface area contributed by atoms with E-state index in [4.69, 9.17) is 14.9 Å². The van der Waals surface area contributed by atoms with E-state index in [0.29, 0.717) is 22.6 Å². The summed E-state index contributed by atoms with van der Waals surface area (Å²) >= 11 is 0. The predicted molar refractivity (Wildman–Crippen MR) is 118 cm³/mol. The van der Waals surface area contributed by atoms with E-state index in [2.05, 4.69) is 20.3 Å². The van der Waals surface area contributed by atoms with Crippen LogP contribution in [-0.2, 0) is 11.3 Å². The van der Waals surface area contributed by atoms with E-state index >= 15 is 0 Å². The highest BCUT2D eigenvalue weighted by Gasteiger charge is 2.14. The Morgan fingerprint density at radius 1 is 1.12 bits per heavy atom. The van der Waals surface area contributed by atoms with Crippen molar-refractivity contribution in [2.45, 2.75) is 13.5 Å². The zero-order valence-electron chi connectivity index (χ0n) is 17.6. The summed E-state index contributed by atoms with van der Waals surface area (Å²) in [5.41, 5.74) is 1.61. The fourth-order valence-corrected chi connectivity index (χ4v) is 3.21. The molecule has 0 aliphatic carbocycles. The third kappa shape index (κ3) is 4.60. The molecule has 12 nitrogen and oxygen atoms in total. The highest BCUT2D eigenvalue weighted by molar-refractivity contribution is 5.90. The number of hydrogen-bond acceptors (Lipinski definition) is 7. The van der Waals surface area contributed by atoms with Gasteiger partial charge >= 0.3 is 18.0 Å². The first-order valence-electron chi connectivity index (χ1n) is 9.79. The number of anilines is 1. The number of carboxylic acid groups (broad SMARTS) is 2. The largest absolute Gasteiger partial charge is 0.478 e. The summed E-state index contributed by atoms with van der Waals surface area (Å²) in [7, 11) is 0. The van der Waals surface area contributed by atoms with Crippen LogP contribution in [-0.4, -0.2) is 47.8 Å². The number of aromatic carboxylic acids is 2. The van der Waals surface area contributed by atoms with Crippen molar-refractivity contribution >= 4 is 34.8 Å². The fourth-order valence-electron chi connectivity index (χ4n) is 3.21. The van der Waals surface area contributed by atoms with Crippen molar-refractivity contribution in [2.24, 2.45) is 0 Å². The normalized spacial score (nSPS) is 10.7. The second-order valence-corrected chi connectivity index (χ2v) is 7.23. The average Bonchev–Trinajstić information content (AvgIpc) is 3.26. The molecule has 0 fully saturated rings. The molecule has 2 heterocycles. The van der Waals surface area contributed by atoms with Crippen LogP contribution in [0.3, 0.4) is 0 Å². The van der Waals surface area contributed by atoms with Crippen LogP contribution in [0, 0.1) is 6.92 Å². The number of fused-ring (bicyclic) bond motifs is 1. The SMILES string of the molecule is Cc1cc2[nH]c(=O)c(C(=O)O)nc2cc1-n1cnc(COC(=O)Nc2ccc(C(=O)O)cc2)c1. The van der Waals surface area contributed by atoms with Gasteiger partial charge in [0.05, 0.1) is 34.3 Å². The molecule has 0 bridgehead atoms. The molecule has 0 saturated carbocycles. The van der Waals surface area contributed by atoms with Crippen LogP contribution in [0.5, 0.6) is 0 Å². The zero-order valence-corrected chi connectivity index (χ0v) is 17.6. The standard InChI is InChI=1S/C22H17N5O7/c1-11-6-15-16(25-18(21(31)32)19(28)26-15)7-17(11)27-8-14(23-10-27)9-34-22(33)24-13-4-2-12(3-5-13)20(29)30/h2-8,10H,9H2,1H3,(H,24,33)(H,26,28)(H,29,30)(H,31,32). The number of carbonyl (C=O) groups excluding carboxylic acids is 1. The molecule has 4 aromatic rings. The Morgan fingerprint density at radius 2 is 1.85 bits per heavy atom. The molecule has 0 saturated heterocycles. The van der Waals surface area contributed by atoms with Gasteiger partial charge in [-0.3, -0.25) is 10.1 Å². The van der Waals surface area contributed by atoms with Gasteiger partial charge in [-0.15, -0.1) is 0 Å². The third-order valence-electron chi connectivity index (χ3n) is 4.86. The number of hydrogen-bond donors (Lipinski definition) is 4. The number of amides is 1. The lowest BCUT2D eigenvalue weighted by atomic mass is 10.1. The number of aromatic nitrogens is 4. The zero-order chi connectivity index (χ0) is 24.4. The molecule has 1 amide bonds. The molecule has 0 spiro atoms. The van der Waals surface area contributed by atoms with E-state index in [9.17, 15) is 19.2 Å². The Labute approximate surface area is 190 Å². The van der Waals surface area contributed by atoms with E-state index in [1.54, 1.807) is 29.8 Å². The Hall–Kier alpha value is -5.00. The molecule has 2 aromatic carbocycles. The van der Waals surface area contributed by atoms with Crippen molar-refractivity contribution in [3.05, 3.63) is 81.8 Å². The van der Waals surface area contributed by atoms with Crippen molar-refractivity contribution in [1.29, 1.82) is 0 Å². The maximum Gasteiger partial charge on any atom is 0.412 e. The Bertz CT molecular complexity index is 1490. The van der Waals surface area contributed by atoms with Gasteiger partial charge in [0, 0.05) is 11.9 Å². The molecule has 0 radical (unpaired) electrons. The van der Waals surface area contributed by atoms with Crippen molar-refractivity contribution in [3.63, 3.8) is 0 Å². The first kappa shape index (κ1) is 22.2. The van der Waals surface area contributed by atoms with Gasteiger partial charge in [-0.1, -0.05) is 0 Å². The molecule has 4 N–H and O–H groups in total. The number of imidazole rings is 1. The van der Waals surface area contributed by atoms with E-state index < -0.39 is 29.3 Å². The molecule has 0 unspecified atom stereocenters. The molecule has 34 heavy (non-hydrogen) atoms. The number of nitrogens with one attached hydrogen (secondary N) is 2. The fraction of sp³-hybridized carbons (Fsp3) is 0.0909. The van der Waals surface area contributed by atoms with Crippen LogP contribution in [0.25, 0.3) is 16.7 Å². The van der Waals surface area contributed by atoms with Crippen LogP contribution in [0.15, 0.2) is 53.7 Å². The lowest BCUT2D eigenvalue weighted by molar-refractivity contribution is 0.0681. The van der Waals surface area contributed by atoms with Crippen molar-refractivity contribution in [2.75, 3.05) is 5.32 Å². The summed E-state index contributed by atoms with van der Waals surface area (Å²) in [6, 6.07) is 8.89. The number of aromatic amines is 1. The Morgan fingerprint density at radius 3 is 2.53 bits per heavy atom. The lowest BCUT2D eigenvalue weighted by Crippen LogP contribution is -2.20. The van der Waals surface area contributed by atoms with Gasteiger partial charge < -0.3 is 24.5 Å². The molecule has 0 atom stereocenters. The average molecular weight is 463 g/mol. The molecule has 12 heteroatoms. The molecular weight excluding hydrogens is 446 g/mol. The van der Waals surface area contributed by atoms with Gasteiger partial charge in [-0.2, -0.15) is 0 Å². The summed E-state index contributed by atoms with van der Waals surface area (Å²) in [5.74, 6) is -2.50. The molecule has 4 rings (SSSR count). The number of nitrogens with zero attached hydrogens (tertiary/aromatic N) is 3. The third-order valence-corrected chi connectivity index (χ3v) is 4.86. The number of H-pyrrole nitrogens is 1. The van der Waals surface area contributed by atoms with Gasteiger partial charge in [-0.25, -0.2) is 24.4 Å². The summed E-state index contributed by atoms with van der Waals surface area (Å²) in [4.78, 5) is 56.6. The quantitative estimate of drug-likeness (QED) is 0.335. The Balaban J connectivity index is 1.47. The molecule has 0 aliphatic rings. The van der Waals surface area contributed by atoms with Crippen molar-refractivity contribution in [3.8, 4) is 5.69 Å². The van der Waals surface area contributed by atoms with Gasteiger partial charge in [0.2, 0.25) is 5.69 Å². The first-order chi connectivity index (χ1) is 16.2. The Kier molecular flexibility index (Phi) is 5.79. The number of carbonyl (C=O) groups is 3. The molecule has 0 aliphatic heterocycles. The highest BCUT2D eigenvalue weighted by Crippen LogP contribution is 2.20. The molecule has 172 valence electrons. The van der Waals surface area contributed by atoms with Crippen LogP contribution in [0.4, 0.5) is 10.5 Å². The smallest absolute Gasteiger partial charge is 0.412 e. The topological polar surface area (TPSA) is 176 Å². The van der Waals surface area contributed by atoms with Gasteiger partial charge in [0.15, 0.2) is 0 Å². The minimum Gasteiger partial charge on any atom is -0.478 e. The van der Waals surface area contributed by atoms with Crippen LogP contribution in [0.2, 0.25) is 0 Å². The van der Waals surface area contributed by atoms with E-state index in [1.807, 2.05) is 0 Å². The summed E-state index contributed by atoms with van der Waals surface area (Å²) in [6.45, 7) is 1.67. The predicted octanol–water partition coefficient (Wildman–Crippen LogP) is 2.56. The summed E-state index contributed by atoms with van der Waals surface area (Å²) in [6.07, 6.45) is 2.39. The maximum atomic E-state index is 12.0. The second kappa shape index (κ2) is 8.86. The monoisotopic (exact) mass is 463 g/mol. The number of ether oxygens (including phenoxy) is 1. The number of aryl methyl sites for hydroxylation is 1. The number of rotatable bonds is 6. The van der Waals surface area contributed by atoms with Gasteiger partial charge in [0.25, 0.3) is 5.56 Å². The highest BCUT2D eigenvalue weighted by atomic mass is 16.5. The second-order valence-electron chi connectivity index (χ2n) is 7.23. The summed E-state index contributed by atoms with van der Waals surface area (Å²) in [5, 5.41) is 20.5. The van der Waals surface area contributed by atoms with E-state index in [-0.39, 0.29) is 17.7 Å². The van der Waals surface area contributed by atoms with E-state index in [0.717, 1.165) is 5.56 Å². The summed E-state index contributed by atoms with van der Waals surface area (Å²) < 4.78 is 6.81. The number of carboxylic acids is 2. The minimum absolute atomic E-state index is 0.0918. The minimum atomic E-state index is -1.43. The maximum absolute atomic E-state index is 12.0. The van der Waals surface area contributed by atoms with Crippen LogP contribution in [0.1, 0.15) is 32.1 Å². The van der Waals surface area contributed by atoms with E-state index in [1.165, 1.54) is 30.6 Å². The van der Waals surface area contributed by atoms with Gasteiger partial charge in [-0.05, 0) is 48.9 Å². The molecular formula is C22H17N5O7. The first-order valence-corrected chi connectivity index (χ1v) is 9.79.